The van der Waals surface area contributed by atoms with Gasteiger partial charge in [-0.15, -0.1) is 0 Å². The molecule has 0 atom stereocenters. The first kappa shape index (κ1) is 22.2. The maximum atomic E-state index is 13.2. The van der Waals surface area contributed by atoms with Crippen LogP contribution >= 0.6 is 0 Å². The Balaban J connectivity index is 1.45. The summed E-state index contributed by atoms with van der Waals surface area (Å²) in [4.78, 5) is 42.3. The van der Waals surface area contributed by atoms with E-state index in [9.17, 15) is 18.8 Å². The van der Waals surface area contributed by atoms with E-state index in [2.05, 4.69) is 0 Å². The van der Waals surface area contributed by atoms with Crippen LogP contribution in [0.1, 0.15) is 36.6 Å². The van der Waals surface area contributed by atoms with E-state index in [1.165, 1.54) is 24.3 Å². The zero-order chi connectivity index (χ0) is 23.4. The van der Waals surface area contributed by atoms with Crippen LogP contribution in [0, 0.1) is 5.82 Å². The Morgan fingerprint density at radius 3 is 1.79 bits per heavy atom. The second-order valence-electron chi connectivity index (χ2n) is 7.69. The Morgan fingerprint density at radius 2 is 1.21 bits per heavy atom. The topological polar surface area (TPSA) is 66.9 Å². The van der Waals surface area contributed by atoms with Crippen LogP contribution in [0.25, 0.3) is 0 Å². The smallest absolute Gasteiger partial charge is 0.254 e. The lowest BCUT2D eigenvalue weighted by molar-refractivity contribution is 0.0534. The van der Waals surface area contributed by atoms with E-state index in [1.807, 2.05) is 0 Å². The third-order valence-electron chi connectivity index (χ3n) is 5.70. The summed E-state index contributed by atoms with van der Waals surface area (Å²) in [5, 5.41) is 0. The molecule has 0 N–H and O–H groups in total. The molecule has 168 valence electrons. The van der Waals surface area contributed by atoms with Crippen molar-refractivity contribution < 1.29 is 23.5 Å². The predicted octanol–water partition coefficient (Wildman–Crippen LogP) is 3.66. The number of ether oxygens (including phenoxy) is 1. The lowest BCUT2D eigenvalue weighted by atomic mass is 9.97. The average molecular weight is 446 g/mol. The number of carbonyl (C=O) groups is 3. The Hall–Kier alpha value is -4.00. The number of carbonyl (C=O) groups excluding carboxylic acids is 3. The summed E-state index contributed by atoms with van der Waals surface area (Å²) in [5.74, 6) is -0.463. The van der Waals surface area contributed by atoms with E-state index in [-0.39, 0.29) is 23.2 Å². The van der Waals surface area contributed by atoms with Gasteiger partial charge < -0.3 is 14.5 Å². The van der Waals surface area contributed by atoms with E-state index in [4.69, 9.17) is 4.74 Å². The number of amides is 2. The molecule has 33 heavy (non-hydrogen) atoms. The summed E-state index contributed by atoms with van der Waals surface area (Å²) >= 11 is 0. The van der Waals surface area contributed by atoms with Crippen molar-refractivity contribution >= 4 is 17.6 Å². The largest absolute Gasteiger partial charge is 0.497 e. The van der Waals surface area contributed by atoms with E-state index >= 15 is 0 Å². The van der Waals surface area contributed by atoms with Crippen LogP contribution in [0.4, 0.5) is 4.39 Å². The highest BCUT2D eigenvalue weighted by molar-refractivity contribution is 6.15. The van der Waals surface area contributed by atoms with Crippen molar-refractivity contribution in [2.24, 2.45) is 0 Å². The van der Waals surface area contributed by atoms with E-state index in [0.29, 0.717) is 48.6 Å². The highest BCUT2D eigenvalue weighted by Crippen LogP contribution is 2.19. The molecule has 0 spiro atoms. The first-order valence-electron chi connectivity index (χ1n) is 10.6. The summed E-state index contributed by atoms with van der Waals surface area (Å²) in [7, 11) is 1.57. The molecule has 0 unspecified atom stereocenters. The molecule has 1 fully saturated rings. The first-order chi connectivity index (χ1) is 16.0. The van der Waals surface area contributed by atoms with Crippen molar-refractivity contribution in [1.29, 1.82) is 0 Å². The van der Waals surface area contributed by atoms with Gasteiger partial charge in [-0.05, 0) is 54.6 Å². The Morgan fingerprint density at radius 1 is 0.697 bits per heavy atom. The van der Waals surface area contributed by atoms with Crippen molar-refractivity contribution in [3.05, 3.63) is 101 Å². The van der Waals surface area contributed by atoms with Crippen LogP contribution in [0.5, 0.6) is 5.75 Å². The molecule has 0 aliphatic carbocycles. The zero-order valence-corrected chi connectivity index (χ0v) is 18.2. The highest BCUT2D eigenvalue weighted by Gasteiger charge is 2.28. The molecule has 0 aromatic heterocycles. The quantitative estimate of drug-likeness (QED) is 0.561. The minimum atomic E-state index is -0.432. The number of hydrogen-bond donors (Lipinski definition) is 0. The van der Waals surface area contributed by atoms with Crippen molar-refractivity contribution in [2.45, 2.75) is 0 Å². The molecule has 1 aliphatic rings. The van der Waals surface area contributed by atoms with E-state index in [0.717, 1.165) is 0 Å². The van der Waals surface area contributed by atoms with Gasteiger partial charge in [0.1, 0.15) is 11.6 Å². The van der Waals surface area contributed by atoms with Crippen LogP contribution < -0.4 is 4.74 Å². The molecule has 0 bridgehead atoms. The van der Waals surface area contributed by atoms with Crippen molar-refractivity contribution in [2.75, 3.05) is 33.3 Å². The van der Waals surface area contributed by atoms with Gasteiger partial charge in [-0.25, -0.2) is 4.39 Å². The summed E-state index contributed by atoms with van der Waals surface area (Å²) in [5.41, 5.74) is 1.44. The van der Waals surface area contributed by atoms with Gasteiger partial charge >= 0.3 is 0 Å². The van der Waals surface area contributed by atoms with E-state index in [1.54, 1.807) is 65.4 Å². The maximum absolute atomic E-state index is 13.2. The summed E-state index contributed by atoms with van der Waals surface area (Å²) in [6.45, 7) is 1.51. The maximum Gasteiger partial charge on any atom is 0.254 e. The number of methoxy groups -OCH3 is 1. The van der Waals surface area contributed by atoms with Gasteiger partial charge in [0.05, 0.1) is 12.7 Å². The molecule has 7 heteroatoms. The second kappa shape index (κ2) is 9.65. The van der Waals surface area contributed by atoms with Gasteiger partial charge in [-0.3, -0.25) is 14.4 Å². The summed E-state index contributed by atoms with van der Waals surface area (Å²) < 4.78 is 18.4. The molecular weight excluding hydrogens is 423 g/mol. The number of nitrogens with zero attached hydrogens (tertiary/aromatic N) is 2. The van der Waals surface area contributed by atoms with Crippen LogP contribution in [0.15, 0.2) is 72.8 Å². The molecule has 2 amide bonds. The second-order valence-corrected chi connectivity index (χ2v) is 7.69. The highest BCUT2D eigenvalue weighted by atomic mass is 19.1. The Labute approximate surface area is 191 Å². The van der Waals surface area contributed by atoms with Crippen molar-refractivity contribution in [3.8, 4) is 5.75 Å². The van der Waals surface area contributed by atoms with Gasteiger partial charge in [0.25, 0.3) is 11.8 Å². The van der Waals surface area contributed by atoms with Gasteiger partial charge in [0, 0.05) is 42.9 Å². The fourth-order valence-corrected chi connectivity index (χ4v) is 3.82. The Kier molecular flexibility index (Phi) is 6.49. The molecule has 1 saturated heterocycles. The molecule has 3 aromatic carbocycles. The standard InChI is InChI=1S/C26H23FN2O4/c1-33-21-12-8-19(9-13-21)25(31)28-14-16-29(17-15-28)26(32)23-5-3-2-4-22(23)24(30)18-6-10-20(27)11-7-18/h2-13H,14-17H2,1H3. The van der Waals surface area contributed by atoms with Gasteiger partial charge in [0.15, 0.2) is 5.78 Å². The minimum absolute atomic E-state index is 0.100. The van der Waals surface area contributed by atoms with E-state index < -0.39 is 5.82 Å². The van der Waals surface area contributed by atoms with Crippen molar-refractivity contribution in [1.82, 2.24) is 9.80 Å². The fourth-order valence-electron chi connectivity index (χ4n) is 3.82. The predicted molar refractivity (Wildman–Crippen MR) is 121 cm³/mol. The third-order valence-corrected chi connectivity index (χ3v) is 5.70. The molecular formula is C26H23FN2O4. The minimum Gasteiger partial charge on any atom is -0.497 e. The zero-order valence-electron chi connectivity index (χ0n) is 18.2. The molecule has 3 aromatic rings. The number of halogens is 1. The normalized spacial score (nSPS) is 13.5. The molecule has 0 radical (unpaired) electrons. The number of rotatable bonds is 5. The van der Waals surface area contributed by atoms with Crippen molar-refractivity contribution in [3.63, 3.8) is 0 Å². The molecule has 6 nitrogen and oxygen atoms in total. The first-order valence-corrected chi connectivity index (χ1v) is 10.6. The monoisotopic (exact) mass is 446 g/mol. The number of hydrogen-bond acceptors (Lipinski definition) is 4. The molecule has 0 saturated carbocycles. The van der Waals surface area contributed by atoms with Gasteiger partial charge in [-0.2, -0.15) is 0 Å². The Bertz CT molecular complexity index is 1170. The van der Waals surface area contributed by atoms with Crippen LogP contribution in [0.2, 0.25) is 0 Å². The third kappa shape index (κ3) is 4.77. The summed E-state index contributed by atoms with van der Waals surface area (Å²) in [6, 6.07) is 18.8. The van der Waals surface area contributed by atoms with Gasteiger partial charge in [-0.1, -0.05) is 18.2 Å². The lowest BCUT2D eigenvalue weighted by Crippen LogP contribution is -2.50. The molecule has 4 rings (SSSR count). The molecule has 1 heterocycles. The van der Waals surface area contributed by atoms with Crippen LogP contribution in [-0.4, -0.2) is 60.7 Å². The van der Waals surface area contributed by atoms with Crippen LogP contribution in [-0.2, 0) is 0 Å². The lowest BCUT2D eigenvalue weighted by Gasteiger charge is -2.35. The SMILES string of the molecule is COc1ccc(C(=O)N2CCN(C(=O)c3ccccc3C(=O)c3ccc(F)cc3)CC2)cc1. The van der Waals surface area contributed by atoms with Gasteiger partial charge in [0.2, 0.25) is 0 Å². The number of benzene rings is 3. The molecule has 1 aliphatic heterocycles. The average Bonchev–Trinajstić information content (AvgIpc) is 2.88. The number of ketones is 1. The summed E-state index contributed by atoms with van der Waals surface area (Å²) in [6.07, 6.45) is 0. The van der Waals surface area contributed by atoms with Crippen LogP contribution in [0.3, 0.4) is 0 Å². The fraction of sp³-hybridized carbons (Fsp3) is 0.192. The number of piperazine rings is 1.